The first-order valence-corrected chi connectivity index (χ1v) is 10.3. The van der Waals surface area contributed by atoms with Crippen LogP contribution in [0.3, 0.4) is 0 Å². The third kappa shape index (κ3) is 5.22. The highest BCUT2D eigenvalue weighted by Gasteiger charge is 2.41. The number of aromatic nitrogens is 2. The molecule has 180 valence electrons. The molecule has 0 radical (unpaired) electrons. The Morgan fingerprint density at radius 3 is 2.38 bits per heavy atom. The Labute approximate surface area is 194 Å². The lowest BCUT2D eigenvalue weighted by atomic mass is 10.0. The zero-order valence-corrected chi connectivity index (χ0v) is 19.0. The van der Waals surface area contributed by atoms with Gasteiger partial charge in [0.25, 0.3) is 5.91 Å². The predicted octanol–water partition coefficient (Wildman–Crippen LogP) is 4.54. The molecule has 0 bridgehead atoms. The van der Waals surface area contributed by atoms with Gasteiger partial charge in [0.1, 0.15) is 11.3 Å². The lowest BCUT2D eigenvalue weighted by molar-refractivity contribution is -0.144. The summed E-state index contributed by atoms with van der Waals surface area (Å²) in [6, 6.07) is 10.7. The van der Waals surface area contributed by atoms with Gasteiger partial charge in [-0.05, 0) is 37.1 Å². The molecule has 2 N–H and O–H groups in total. The molecule has 2 aromatic carbocycles. The standard InChI is InChI=1S/C24H24F3N3O4/c1-13-5-7-15(8-6-13)11-18-20(21(24(25,26)27)30(3)29-18)22(31)28-14(2)16-9-10-17(23(32)33)19(12-16)34-4/h5-10,12,14H,11H2,1-4H3,(H,28,31)(H,32,33)/t14-/m0/s1. The number of alkyl halides is 3. The highest BCUT2D eigenvalue weighted by atomic mass is 19.4. The van der Waals surface area contributed by atoms with Gasteiger partial charge in [-0.25, -0.2) is 4.79 Å². The molecule has 0 aliphatic heterocycles. The molecule has 0 unspecified atom stereocenters. The quantitative estimate of drug-likeness (QED) is 0.524. The number of carboxylic acids is 1. The maximum Gasteiger partial charge on any atom is 0.433 e. The Hall–Kier alpha value is -3.82. The van der Waals surface area contributed by atoms with Crippen molar-refractivity contribution in [1.82, 2.24) is 15.1 Å². The van der Waals surface area contributed by atoms with Gasteiger partial charge in [0, 0.05) is 13.5 Å². The Balaban J connectivity index is 1.96. The molecular weight excluding hydrogens is 451 g/mol. The minimum absolute atomic E-state index is 0.00202. The summed E-state index contributed by atoms with van der Waals surface area (Å²) < 4.78 is 47.3. The number of aryl methyl sites for hydroxylation is 2. The second-order valence-corrected chi connectivity index (χ2v) is 7.91. The number of ether oxygens (including phenoxy) is 1. The van der Waals surface area contributed by atoms with Gasteiger partial charge in [0.05, 0.1) is 24.4 Å². The van der Waals surface area contributed by atoms with Crippen LogP contribution in [0.1, 0.15) is 61.8 Å². The summed E-state index contributed by atoms with van der Waals surface area (Å²) in [7, 11) is 2.45. The number of hydrogen-bond donors (Lipinski definition) is 2. The molecule has 1 aromatic heterocycles. The highest BCUT2D eigenvalue weighted by molar-refractivity contribution is 5.97. The molecule has 34 heavy (non-hydrogen) atoms. The minimum atomic E-state index is -4.80. The topological polar surface area (TPSA) is 93.5 Å². The van der Waals surface area contributed by atoms with Gasteiger partial charge in [0.2, 0.25) is 0 Å². The van der Waals surface area contributed by atoms with Gasteiger partial charge in [0.15, 0.2) is 5.69 Å². The molecule has 0 fully saturated rings. The highest BCUT2D eigenvalue weighted by Crippen LogP contribution is 2.34. The van der Waals surface area contributed by atoms with E-state index >= 15 is 0 Å². The molecule has 10 heteroatoms. The van der Waals surface area contributed by atoms with Gasteiger partial charge in [-0.2, -0.15) is 18.3 Å². The van der Waals surface area contributed by atoms with Crippen LogP contribution < -0.4 is 10.1 Å². The zero-order chi connectivity index (χ0) is 25.2. The molecule has 0 saturated heterocycles. The summed E-state index contributed by atoms with van der Waals surface area (Å²) in [6.45, 7) is 3.47. The number of nitrogens with one attached hydrogen (secondary N) is 1. The number of rotatable bonds is 7. The van der Waals surface area contributed by atoms with E-state index in [1.165, 1.54) is 25.3 Å². The van der Waals surface area contributed by atoms with E-state index in [-0.39, 0.29) is 23.4 Å². The third-order valence-corrected chi connectivity index (χ3v) is 5.41. The van der Waals surface area contributed by atoms with Crippen LogP contribution in [-0.4, -0.2) is 33.9 Å². The van der Waals surface area contributed by atoms with E-state index in [0.717, 1.165) is 12.6 Å². The molecular formula is C24H24F3N3O4. The molecule has 1 heterocycles. The lowest BCUT2D eigenvalue weighted by Gasteiger charge is -2.17. The number of benzene rings is 2. The maximum absolute atomic E-state index is 13.8. The molecule has 7 nitrogen and oxygen atoms in total. The van der Waals surface area contributed by atoms with Crippen molar-refractivity contribution in [1.29, 1.82) is 0 Å². The number of aromatic carboxylic acids is 1. The van der Waals surface area contributed by atoms with Crippen LogP contribution in [0, 0.1) is 6.92 Å². The summed E-state index contributed by atoms with van der Waals surface area (Å²) in [4.78, 5) is 24.4. The van der Waals surface area contributed by atoms with Gasteiger partial charge in [-0.1, -0.05) is 35.9 Å². The van der Waals surface area contributed by atoms with Crippen LogP contribution in [-0.2, 0) is 19.6 Å². The van der Waals surface area contributed by atoms with Crippen molar-refractivity contribution in [3.05, 3.63) is 81.7 Å². The van der Waals surface area contributed by atoms with E-state index in [4.69, 9.17) is 4.74 Å². The molecule has 0 aliphatic rings. The molecule has 0 saturated carbocycles. The Bertz CT molecular complexity index is 1220. The number of halogens is 3. The van der Waals surface area contributed by atoms with Crippen LogP contribution in [0.5, 0.6) is 5.75 Å². The molecule has 0 spiro atoms. The normalized spacial score (nSPS) is 12.3. The number of carbonyl (C=O) groups excluding carboxylic acids is 1. The van der Waals surface area contributed by atoms with Crippen molar-refractivity contribution in [2.24, 2.45) is 7.05 Å². The number of methoxy groups -OCH3 is 1. The largest absolute Gasteiger partial charge is 0.496 e. The van der Waals surface area contributed by atoms with E-state index in [2.05, 4.69) is 10.4 Å². The van der Waals surface area contributed by atoms with Crippen molar-refractivity contribution < 1.29 is 32.6 Å². The summed E-state index contributed by atoms with van der Waals surface area (Å²) in [5.74, 6) is -2.05. The fraction of sp³-hybridized carbons (Fsp3) is 0.292. The monoisotopic (exact) mass is 475 g/mol. The fourth-order valence-electron chi connectivity index (χ4n) is 3.67. The van der Waals surface area contributed by atoms with E-state index in [1.54, 1.807) is 19.1 Å². The summed E-state index contributed by atoms with van der Waals surface area (Å²) in [6.07, 6.45) is -4.75. The van der Waals surface area contributed by atoms with Crippen LogP contribution in [0.25, 0.3) is 0 Å². The van der Waals surface area contributed by atoms with Crippen LogP contribution >= 0.6 is 0 Å². The Morgan fingerprint density at radius 2 is 1.82 bits per heavy atom. The minimum Gasteiger partial charge on any atom is -0.496 e. The molecule has 1 atom stereocenters. The van der Waals surface area contributed by atoms with Gasteiger partial charge in [-0.15, -0.1) is 0 Å². The van der Waals surface area contributed by atoms with E-state index < -0.39 is 35.4 Å². The number of hydrogen-bond acceptors (Lipinski definition) is 4. The first-order valence-electron chi connectivity index (χ1n) is 10.3. The molecule has 3 aromatic rings. The molecule has 3 rings (SSSR count). The van der Waals surface area contributed by atoms with E-state index in [0.29, 0.717) is 15.8 Å². The smallest absolute Gasteiger partial charge is 0.433 e. The Kier molecular flexibility index (Phi) is 6.99. The third-order valence-electron chi connectivity index (χ3n) is 5.41. The summed E-state index contributed by atoms with van der Waals surface area (Å²) in [5.41, 5.74) is 0.423. The van der Waals surface area contributed by atoms with Crippen molar-refractivity contribution >= 4 is 11.9 Å². The summed E-state index contributed by atoms with van der Waals surface area (Å²) >= 11 is 0. The predicted molar refractivity (Wildman–Crippen MR) is 118 cm³/mol. The van der Waals surface area contributed by atoms with E-state index in [9.17, 15) is 27.9 Å². The number of carbonyl (C=O) groups is 2. The lowest BCUT2D eigenvalue weighted by Crippen LogP contribution is -2.30. The average molecular weight is 475 g/mol. The van der Waals surface area contributed by atoms with Gasteiger partial charge < -0.3 is 15.2 Å². The SMILES string of the molecule is COc1cc([C@H](C)NC(=O)c2c(Cc3ccc(C)cc3)nn(C)c2C(F)(F)F)ccc1C(=O)O. The number of amides is 1. The van der Waals surface area contributed by atoms with Crippen LogP contribution in [0.2, 0.25) is 0 Å². The second-order valence-electron chi connectivity index (χ2n) is 7.91. The first kappa shape index (κ1) is 24.8. The van der Waals surface area contributed by atoms with Gasteiger partial charge >= 0.3 is 12.1 Å². The van der Waals surface area contributed by atoms with Crippen LogP contribution in [0.15, 0.2) is 42.5 Å². The number of nitrogens with zero attached hydrogens (tertiary/aromatic N) is 2. The van der Waals surface area contributed by atoms with Crippen molar-refractivity contribution in [2.45, 2.75) is 32.5 Å². The average Bonchev–Trinajstić information content (AvgIpc) is 3.10. The summed E-state index contributed by atoms with van der Waals surface area (Å²) in [5, 5.41) is 15.8. The zero-order valence-electron chi connectivity index (χ0n) is 19.0. The van der Waals surface area contributed by atoms with Crippen molar-refractivity contribution in [2.75, 3.05) is 7.11 Å². The molecule has 0 aliphatic carbocycles. The van der Waals surface area contributed by atoms with Crippen molar-refractivity contribution in [3.63, 3.8) is 0 Å². The maximum atomic E-state index is 13.8. The van der Waals surface area contributed by atoms with Crippen LogP contribution in [0.4, 0.5) is 13.2 Å². The second kappa shape index (κ2) is 9.58. The van der Waals surface area contributed by atoms with Crippen molar-refractivity contribution in [3.8, 4) is 5.75 Å². The Morgan fingerprint density at radius 1 is 1.18 bits per heavy atom. The number of carboxylic acid groups (broad SMARTS) is 1. The fourth-order valence-corrected chi connectivity index (χ4v) is 3.67. The molecule has 1 amide bonds. The van der Waals surface area contributed by atoms with Gasteiger partial charge in [-0.3, -0.25) is 9.48 Å². The van der Waals surface area contributed by atoms with E-state index in [1.807, 2.05) is 19.1 Å². The first-order chi connectivity index (χ1) is 15.9.